The quantitative estimate of drug-likeness (QED) is 0.298. The summed E-state index contributed by atoms with van der Waals surface area (Å²) in [5, 5.41) is 37.4. The van der Waals surface area contributed by atoms with Crippen LogP contribution in [0.25, 0.3) is 0 Å². The minimum absolute atomic E-state index is 0.919. The third kappa shape index (κ3) is 6.78. The minimum Gasteiger partial charge on any atom is -0.481 e. The molecule has 0 fully saturated rings. The zero-order chi connectivity index (χ0) is 15.9. The Morgan fingerprint density at radius 3 is 1.55 bits per heavy atom. The minimum atomic E-state index is -1.80. The van der Waals surface area contributed by atoms with Crippen molar-refractivity contribution in [2.75, 3.05) is 0 Å². The highest BCUT2D eigenvalue weighted by molar-refractivity contribution is 5.92. The van der Waals surface area contributed by atoms with Crippen LogP contribution in [0.4, 0.5) is 4.79 Å². The first-order chi connectivity index (χ1) is 9.13. The lowest BCUT2D eigenvalue weighted by Crippen LogP contribution is -2.52. The van der Waals surface area contributed by atoms with Gasteiger partial charge in [-0.05, 0) is 0 Å². The Hall–Kier alpha value is -2.85. The van der Waals surface area contributed by atoms with E-state index in [4.69, 9.17) is 20.4 Å². The van der Waals surface area contributed by atoms with Gasteiger partial charge in [-0.3, -0.25) is 14.4 Å². The van der Waals surface area contributed by atoms with E-state index in [2.05, 4.69) is 0 Å². The molecule has 0 bridgehead atoms. The van der Waals surface area contributed by atoms with E-state index in [9.17, 15) is 24.0 Å². The van der Waals surface area contributed by atoms with Crippen LogP contribution >= 0.6 is 0 Å². The largest absolute Gasteiger partial charge is 0.481 e. The molecular weight excluding hydrogens is 280 g/mol. The lowest BCUT2D eigenvalue weighted by molar-refractivity contribution is -0.147. The van der Waals surface area contributed by atoms with Gasteiger partial charge in [0.2, 0.25) is 5.91 Å². The number of hydrogen-bond acceptors (Lipinski definition) is 5. The molecule has 0 aromatic rings. The van der Waals surface area contributed by atoms with E-state index in [-0.39, 0.29) is 0 Å². The van der Waals surface area contributed by atoms with Gasteiger partial charge in [0, 0.05) is 0 Å². The lowest BCUT2D eigenvalue weighted by Gasteiger charge is -2.18. The summed E-state index contributed by atoms with van der Waals surface area (Å²) >= 11 is 0. The van der Waals surface area contributed by atoms with Crippen molar-refractivity contribution in [3.63, 3.8) is 0 Å². The summed E-state index contributed by atoms with van der Waals surface area (Å²) in [5.41, 5.74) is 0. The van der Waals surface area contributed by atoms with Gasteiger partial charge >= 0.3 is 24.0 Å². The van der Waals surface area contributed by atoms with Crippen LogP contribution in [0.15, 0.2) is 0 Å². The van der Waals surface area contributed by atoms with Gasteiger partial charge in [0.1, 0.15) is 12.1 Å². The van der Waals surface area contributed by atoms with Gasteiger partial charge < -0.3 is 31.1 Å². The van der Waals surface area contributed by atoms with Gasteiger partial charge in [0.15, 0.2) is 0 Å². The average Bonchev–Trinajstić information content (AvgIpc) is 2.24. The Balaban J connectivity index is 4.85. The van der Waals surface area contributed by atoms with Gasteiger partial charge in [0.05, 0.1) is 12.8 Å². The summed E-state index contributed by atoms with van der Waals surface area (Å²) in [6.07, 6.45) is -3.54. The van der Waals surface area contributed by atoms with Crippen LogP contribution in [0.3, 0.4) is 0 Å². The first kappa shape index (κ1) is 17.2. The zero-order valence-electron chi connectivity index (χ0n) is 9.90. The molecule has 11 heteroatoms. The summed E-state index contributed by atoms with van der Waals surface area (Å²) in [6, 6.07) is -3.53. The van der Waals surface area contributed by atoms with E-state index in [1.54, 1.807) is 10.6 Å². The fraction of sp³-hybridized carbons (Fsp3) is 0.444. The van der Waals surface area contributed by atoms with Gasteiger partial charge in [-0.15, -0.1) is 0 Å². The van der Waals surface area contributed by atoms with Crippen molar-refractivity contribution in [2.45, 2.75) is 24.9 Å². The van der Waals surface area contributed by atoms with Crippen LogP contribution in [-0.2, 0) is 19.2 Å². The number of amides is 2. The van der Waals surface area contributed by atoms with Gasteiger partial charge in [0.25, 0.3) is 0 Å². The fourth-order valence-electron chi connectivity index (χ4n) is 1.18. The van der Waals surface area contributed by atoms with Crippen LogP contribution in [0.1, 0.15) is 12.8 Å². The van der Waals surface area contributed by atoms with Crippen molar-refractivity contribution in [3.8, 4) is 0 Å². The summed E-state index contributed by atoms with van der Waals surface area (Å²) in [4.78, 5) is 53.5. The maximum Gasteiger partial charge on any atom is 0.405 e. The monoisotopic (exact) mass is 292 g/mol. The van der Waals surface area contributed by atoms with Crippen molar-refractivity contribution in [1.82, 2.24) is 10.6 Å². The van der Waals surface area contributed by atoms with Crippen LogP contribution in [-0.4, -0.2) is 62.4 Å². The highest BCUT2D eigenvalue weighted by atomic mass is 16.4. The molecule has 0 saturated carbocycles. The molecule has 0 aromatic heterocycles. The second-order valence-corrected chi connectivity index (χ2v) is 3.60. The fourth-order valence-corrected chi connectivity index (χ4v) is 1.18. The molecule has 2 amide bonds. The molecule has 0 unspecified atom stereocenters. The van der Waals surface area contributed by atoms with E-state index in [0.29, 0.717) is 0 Å². The van der Waals surface area contributed by atoms with E-state index in [1.807, 2.05) is 0 Å². The molecule has 0 rings (SSSR count). The lowest BCUT2D eigenvalue weighted by atomic mass is 10.1. The molecule has 0 radical (unpaired) electrons. The average molecular weight is 292 g/mol. The Labute approximate surface area is 111 Å². The number of nitrogens with one attached hydrogen (secondary N) is 2. The van der Waals surface area contributed by atoms with Gasteiger partial charge in [-0.25, -0.2) is 9.59 Å². The molecular formula is C9H12N2O9. The number of aliphatic carboxylic acids is 3. The molecule has 20 heavy (non-hydrogen) atoms. The first-order valence-electron chi connectivity index (χ1n) is 5.09. The molecule has 11 nitrogen and oxygen atoms in total. The van der Waals surface area contributed by atoms with E-state index < -0.39 is 54.8 Å². The molecule has 6 N–H and O–H groups in total. The maximum atomic E-state index is 11.6. The summed E-state index contributed by atoms with van der Waals surface area (Å²) < 4.78 is 0. The number of hydrogen-bond donors (Lipinski definition) is 6. The summed E-state index contributed by atoms with van der Waals surface area (Å²) in [7, 11) is 0. The second kappa shape index (κ2) is 7.56. The molecule has 0 aliphatic carbocycles. The molecule has 112 valence electrons. The predicted octanol–water partition coefficient (Wildman–Crippen LogP) is -1.86. The number of carboxylic acid groups (broad SMARTS) is 4. The topological polar surface area (TPSA) is 190 Å². The van der Waals surface area contributed by atoms with E-state index in [1.165, 1.54) is 0 Å². The van der Waals surface area contributed by atoms with Crippen molar-refractivity contribution in [1.29, 1.82) is 0 Å². The third-order valence-corrected chi connectivity index (χ3v) is 1.99. The summed E-state index contributed by atoms with van der Waals surface area (Å²) in [6.45, 7) is 0. The first-order valence-corrected chi connectivity index (χ1v) is 5.09. The van der Waals surface area contributed by atoms with Crippen LogP contribution in [0.2, 0.25) is 0 Å². The second-order valence-electron chi connectivity index (χ2n) is 3.60. The highest BCUT2D eigenvalue weighted by Gasteiger charge is 2.29. The Kier molecular flexibility index (Phi) is 6.48. The summed E-state index contributed by atoms with van der Waals surface area (Å²) in [5.74, 6) is -5.89. The molecule has 0 aromatic carbocycles. The standard InChI is InChI=1S/C9H12N2O9/c12-5(13)1-3(11-9(19)20)7(16)10-4(8(17)18)2-6(14)15/h3-4,11H,1-2H2,(H,10,16)(H,12,13)(H,14,15)(H,17,18)(H,19,20)/t3-,4-/m0/s1. The van der Waals surface area contributed by atoms with Crippen LogP contribution in [0, 0.1) is 0 Å². The highest BCUT2D eigenvalue weighted by Crippen LogP contribution is 1.98. The van der Waals surface area contributed by atoms with Crippen molar-refractivity contribution >= 4 is 29.9 Å². The van der Waals surface area contributed by atoms with Crippen molar-refractivity contribution < 1.29 is 44.4 Å². The Bertz CT molecular complexity index is 417. The molecule has 2 atom stereocenters. The Morgan fingerprint density at radius 1 is 0.750 bits per heavy atom. The Morgan fingerprint density at radius 2 is 1.20 bits per heavy atom. The normalized spacial score (nSPS) is 12.8. The molecule has 0 spiro atoms. The molecule has 0 aliphatic rings. The van der Waals surface area contributed by atoms with Crippen LogP contribution < -0.4 is 10.6 Å². The molecule has 0 heterocycles. The number of rotatable bonds is 8. The SMILES string of the molecule is O=C(O)C[C@H](NC(=O)[C@H](CC(=O)O)NC(=O)O)C(=O)O. The smallest absolute Gasteiger partial charge is 0.405 e. The number of carbonyl (C=O) groups is 5. The van der Waals surface area contributed by atoms with Crippen LogP contribution in [0.5, 0.6) is 0 Å². The maximum absolute atomic E-state index is 11.6. The van der Waals surface area contributed by atoms with E-state index >= 15 is 0 Å². The molecule has 0 saturated heterocycles. The van der Waals surface area contributed by atoms with Gasteiger partial charge in [-0.2, -0.15) is 0 Å². The van der Waals surface area contributed by atoms with Gasteiger partial charge in [-0.1, -0.05) is 0 Å². The third-order valence-electron chi connectivity index (χ3n) is 1.99. The number of carboxylic acids is 3. The van der Waals surface area contributed by atoms with Crippen molar-refractivity contribution in [3.05, 3.63) is 0 Å². The molecule has 0 aliphatic heterocycles. The van der Waals surface area contributed by atoms with Crippen molar-refractivity contribution in [2.24, 2.45) is 0 Å². The zero-order valence-corrected chi connectivity index (χ0v) is 9.90. The number of carbonyl (C=O) groups excluding carboxylic acids is 1. The van der Waals surface area contributed by atoms with E-state index in [0.717, 1.165) is 0 Å². The predicted molar refractivity (Wildman–Crippen MR) is 59.0 cm³/mol.